The topological polar surface area (TPSA) is 93.3 Å². The monoisotopic (exact) mass is 227 g/mol. The lowest BCUT2D eigenvalue weighted by molar-refractivity contribution is -0.0974. The minimum Gasteiger partial charge on any atom is -0.354 e. The van der Waals surface area contributed by atoms with Crippen LogP contribution in [-0.4, -0.2) is 43.2 Å². The van der Waals surface area contributed by atoms with Gasteiger partial charge < -0.3 is 14.8 Å². The molecule has 1 aromatic rings. The zero-order chi connectivity index (χ0) is 12.0. The molecule has 0 spiro atoms. The first-order chi connectivity index (χ1) is 7.67. The van der Waals surface area contributed by atoms with Gasteiger partial charge in [-0.1, -0.05) is 0 Å². The van der Waals surface area contributed by atoms with E-state index in [1.165, 1.54) is 26.4 Å². The van der Waals surface area contributed by atoms with E-state index in [-0.39, 0.29) is 17.8 Å². The number of methoxy groups -OCH3 is 2. The first kappa shape index (κ1) is 12.3. The second-order valence-corrected chi connectivity index (χ2v) is 2.92. The number of nitrogens with zero attached hydrogens (tertiary/aromatic N) is 1. The fourth-order valence-corrected chi connectivity index (χ4v) is 1.00. The quantitative estimate of drug-likeness (QED) is 0.637. The van der Waals surface area contributed by atoms with Crippen LogP contribution in [0, 0.1) is 0 Å². The van der Waals surface area contributed by atoms with E-state index in [0.29, 0.717) is 0 Å². The number of hydrogen-bond acceptors (Lipinski definition) is 5. The maximum atomic E-state index is 11.5. The first-order valence-electron chi connectivity index (χ1n) is 4.57. The Hall–Kier alpha value is -1.73. The van der Waals surface area contributed by atoms with Crippen LogP contribution in [0.2, 0.25) is 0 Å². The van der Waals surface area contributed by atoms with Gasteiger partial charge >= 0.3 is 0 Å². The Morgan fingerprint density at radius 2 is 2.19 bits per heavy atom. The number of amides is 1. The molecule has 1 heterocycles. The molecule has 1 aromatic heterocycles. The van der Waals surface area contributed by atoms with Crippen LogP contribution in [0.3, 0.4) is 0 Å². The summed E-state index contributed by atoms with van der Waals surface area (Å²) in [6.07, 6.45) is -0.508. The maximum absolute atomic E-state index is 11.5. The summed E-state index contributed by atoms with van der Waals surface area (Å²) in [6, 6.07) is 2.56. The number of nitrogens with one attached hydrogen (secondary N) is 2. The summed E-state index contributed by atoms with van der Waals surface area (Å²) in [6.45, 7) is 0.201. The van der Waals surface area contributed by atoms with Crippen molar-refractivity contribution in [3.8, 4) is 0 Å². The minimum absolute atomic E-state index is 0.130. The molecule has 0 saturated heterocycles. The Bertz CT molecular complexity index is 379. The van der Waals surface area contributed by atoms with Crippen LogP contribution in [0.25, 0.3) is 0 Å². The number of aromatic amines is 1. The third kappa shape index (κ3) is 3.44. The van der Waals surface area contributed by atoms with Gasteiger partial charge in [-0.05, 0) is 6.07 Å². The van der Waals surface area contributed by atoms with Gasteiger partial charge in [0.05, 0.1) is 6.54 Å². The Kier molecular flexibility index (Phi) is 4.62. The standard InChI is InChI=1S/C9H13N3O4/c1-15-8(16-2)5-10-9(14)6-3-4-7(13)12-11-6/h3-4,8H,5H2,1-2H3,(H,10,14)(H,12,13). The lowest BCUT2D eigenvalue weighted by atomic mass is 10.3. The average molecular weight is 227 g/mol. The largest absolute Gasteiger partial charge is 0.354 e. The summed E-state index contributed by atoms with van der Waals surface area (Å²) in [5, 5.41) is 8.29. The maximum Gasteiger partial charge on any atom is 0.271 e. The molecule has 0 aromatic carbocycles. The molecule has 1 rings (SSSR count). The summed E-state index contributed by atoms with van der Waals surface area (Å²) in [4.78, 5) is 22.2. The normalized spacial score (nSPS) is 10.4. The van der Waals surface area contributed by atoms with Crippen molar-refractivity contribution in [1.82, 2.24) is 15.5 Å². The summed E-state index contributed by atoms with van der Waals surface area (Å²) in [5.74, 6) is -0.407. The summed E-state index contributed by atoms with van der Waals surface area (Å²) >= 11 is 0. The molecule has 7 nitrogen and oxygen atoms in total. The molecule has 88 valence electrons. The molecule has 16 heavy (non-hydrogen) atoms. The molecule has 0 aliphatic carbocycles. The molecule has 0 fully saturated rings. The predicted molar refractivity (Wildman–Crippen MR) is 55.0 cm³/mol. The summed E-state index contributed by atoms with van der Waals surface area (Å²) < 4.78 is 9.78. The van der Waals surface area contributed by atoms with Crippen LogP contribution in [0.4, 0.5) is 0 Å². The summed E-state index contributed by atoms with van der Waals surface area (Å²) in [7, 11) is 2.94. The van der Waals surface area contributed by atoms with Crippen LogP contribution in [0.15, 0.2) is 16.9 Å². The Morgan fingerprint density at radius 1 is 1.50 bits per heavy atom. The molecule has 0 aliphatic rings. The number of rotatable bonds is 5. The highest BCUT2D eigenvalue weighted by Crippen LogP contribution is 1.91. The van der Waals surface area contributed by atoms with Crippen molar-refractivity contribution >= 4 is 5.91 Å². The smallest absolute Gasteiger partial charge is 0.271 e. The van der Waals surface area contributed by atoms with Crippen LogP contribution in [0.1, 0.15) is 10.5 Å². The van der Waals surface area contributed by atoms with Crippen molar-refractivity contribution in [3.63, 3.8) is 0 Å². The van der Waals surface area contributed by atoms with E-state index in [4.69, 9.17) is 9.47 Å². The van der Waals surface area contributed by atoms with Crippen molar-refractivity contribution in [2.75, 3.05) is 20.8 Å². The fraction of sp³-hybridized carbons (Fsp3) is 0.444. The van der Waals surface area contributed by atoms with E-state index >= 15 is 0 Å². The van der Waals surface area contributed by atoms with Crippen LogP contribution < -0.4 is 10.9 Å². The van der Waals surface area contributed by atoms with E-state index < -0.39 is 12.2 Å². The van der Waals surface area contributed by atoms with Crippen molar-refractivity contribution in [2.45, 2.75) is 6.29 Å². The van der Waals surface area contributed by atoms with E-state index in [1.54, 1.807) is 0 Å². The van der Waals surface area contributed by atoms with Crippen LogP contribution >= 0.6 is 0 Å². The third-order valence-electron chi connectivity index (χ3n) is 1.87. The molecule has 0 atom stereocenters. The van der Waals surface area contributed by atoms with Crippen molar-refractivity contribution in [3.05, 3.63) is 28.2 Å². The highest BCUT2D eigenvalue weighted by atomic mass is 16.7. The fourth-order valence-electron chi connectivity index (χ4n) is 1.00. The van der Waals surface area contributed by atoms with Crippen molar-refractivity contribution in [1.29, 1.82) is 0 Å². The molecule has 0 unspecified atom stereocenters. The van der Waals surface area contributed by atoms with Gasteiger partial charge in [0.1, 0.15) is 5.69 Å². The zero-order valence-electron chi connectivity index (χ0n) is 9.02. The lowest BCUT2D eigenvalue weighted by Gasteiger charge is -2.13. The number of carbonyl (C=O) groups is 1. The number of aromatic nitrogens is 2. The molecule has 0 radical (unpaired) electrons. The summed E-state index contributed by atoms with van der Waals surface area (Å²) in [5.41, 5.74) is -0.228. The van der Waals surface area contributed by atoms with Crippen molar-refractivity contribution < 1.29 is 14.3 Å². The van der Waals surface area contributed by atoms with E-state index in [0.717, 1.165) is 0 Å². The van der Waals surface area contributed by atoms with Crippen LogP contribution in [0.5, 0.6) is 0 Å². The van der Waals surface area contributed by atoms with Crippen LogP contribution in [-0.2, 0) is 9.47 Å². The Morgan fingerprint density at radius 3 is 2.69 bits per heavy atom. The molecule has 0 aliphatic heterocycles. The van der Waals surface area contributed by atoms with Gasteiger partial charge in [-0.3, -0.25) is 9.59 Å². The van der Waals surface area contributed by atoms with E-state index in [9.17, 15) is 9.59 Å². The highest BCUT2D eigenvalue weighted by Gasteiger charge is 2.10. The van der Waals surface area contributed by atoms with Gasteiger partial charge in [0.2, 0.25) is 0 Å². The molecule has 1 amide bonds. The minimum atomic E-state index is -0.508. The zero-order valence-corrected chi connectivity index (χ0v) is 9.02. The molecular weight excluding hydrogens is 214 g/mol. The van der Waals surface area contributed by atoms with Crippen molar-refractivity contribution in [2.24, 2.45) is 0 Å². The SMILES string of the molecule is COC(CNC(=O)c1ccc(=O)[nH]n1)OC. The van der Waals surface area contributed by atoms with Gasteiger partial charge in [0.15, 0.2) is 6.29 Å². The van der Waals surface area contributed by atoms with Gasteiger partial charge in [-0.2, -0.15) is 5.10 Å². The lowest BCUT2D eigenvalue weighted by Crippen LogP contribution is -2.34. The third-order valence-corrected chi connectivity index (χ3v) is 1.87. The van der Waals surface area contributed by atoms with Gasteiger partial charge in [0, 0.05) is 20.3 Å². The van der Waals surface area contributed by atoms with Gasteiger partial charge in [0.25, 0.3) is 11.5 Å². The van der Waals surface area contributed by atoms with Gasteiger partial charge in [-0.25, -0.2) is 5.10 Å². The Balaban J connectivity index is 2.52. The first-order valence-corrected chi connectivity index (χ1v) is 4.57. The average Bonchev–Trinajstić information content (AvgIpc) is 2.31. The molecule has 0 bridgehead atoms. The number of hydrogen-bond donors (Lipinski definition) is 2. The molecule has 0 saturated carbocycles. The second kappa shape index (κ2) is 5.99. The Labute approximate surface area is 91.8 Å². The van der Waals surface area contributed by atoms with E-state index in [1.807, 2.05) is 0 Å². The number of H-pyrrole nitrogens is 1. The highest BCUT2D eigenvalue weighted by molar-refractivity contribution is 5.91. The number of ether oxygens (including phenoxy) is 2. The molecule has 2 N–H and O–H groups in total. The number of carbonyl (C=O) groups excluding carboxylic acids is 1. The molecule has 7 heteroatoms. The predicted octanol–water partition coefficient (Wildman–Crippen LogP) is -0.881. The molecular formula is C9H13N3O4. The van der Waals surface area contributed by atoms with Gasteiger partial charge in [-0.15, -0.1) is 0 Å². The second-order valence-electron chi connectivity index (χ2n) is 2.92. The van der Waals surface area contributed by atoms with E-state index in [2.05, 4.69) is 15.5 Å².